The maximum absolute atomic E-state index is 15.0. The quantitative estimate of drug-likeness (QED) is 0.173. The molecule has 1 saturated carbocycles. The Morgan fingerprint density at radius 2 is 1.25 bits per heavy atom. The number of aryl methyl sites for hydroxylation is 1. The van der Waals surface area contributed by atoms with Gasteiger partial charge in [0.05, 0.1) is 0 Å². The predicted octanol–water partition coefficient (Wildman–Crippen LogP) is 10.8. The molecule has 2 nitrogen and oxygen atoms in total. The molecule has 0 saturated heterocycles. The molecule has 0 spiro atoms. The third-order valence-corrected chi connectivity index (χ3v) is 8.16. The molecule has 0 atom stereocenters. The van der Waals surface area contributed by atoms with E-state index >= 15 is 0 Å². The molecule has 1 aliphatic carbocycles. The van der Waals surface area contributed by atoms with E-state index in [-0.39, 0.29) is 23.6 Å². The highest BCUT2D eigenvalue weighted by Gasteiger charge is 2.49. The van der Waals surface area contributed by atoms with Crippen molar-refractivity contribution in [3.63, 3.8) is 0 Å². The fourth-order valence-corrected chi connectivity index (χ4v) is 5.98. The number of hydrogen-bond acceptors (Lipinski definition) is 2. The Balaban J connectivity index is 1.19. The Morgan fingerprint density at radius 1 is 0.682 bits per heavy atom. The van der Waals surface area contributed by atoms with Crippen molar-refractivity contribution in [2.45, 2.75) is 76.4 Å². The summed E-state index contributed by atoms with van der Waals surface area (Å²) < 4.78 is 115. The molecular weight excluding hydrogens is 592 g/mol. The molecule has 1 aliphatic rings. The minimum atomic E-state index is -5.84. The van der Waals surface area contributed by atoms with Crippen molar-refractivity contribution >= 4 is 10.8 Å². The zero-order chi connectivity index (χ0) is 31.6. The molecule has 0 heterocycles. The van der Waals surface area contributed by atoms with Crippen molar-refractivity contribution in [2.24, 2.45) is 0 Å². The lowest BCUT2D eigenvalue weighted by molar-refractivity contribution is -0.432. The lowest BCUT2D eigenvalue weighted by Crippen LogP contribution is -2.29. The molecule has 5 rings (SSSR count). The first-order valence-electron chi connectivity index (χ1n) is 14.4. The van der Waals surface area contributed by atoms with E-state index in [0.717, 1.165) is 44.1 Å². The highest BCUT2D eigenvalue weighted by molar-refractivity contribution is 5.84. The zero-order valence-corrected chi connectivity index (χ0v) is 23.8. The lowest BCUT2D eigenvalue weighted by Gasteiger charge is -2.29. The Bertz CT molecular complexity index is 1600. The zero-order valence-electron chi connectivity index (χ0n) is 23.8. The van der Waals surface area contributed by atoms with Gasteiger partial charge >= 0.3 is 12.5 Å². The SMILES string of the molecule is CCCc1ccc2cc(C3CCC(c4ccc(COc5cc(F)c(C(F)(F)OC(F)(F)F)c(F)c5)c(F)c4)CC3)ccc2c1. The van der Waals surface area contributed by atoms with E-state index < -0.39 is 47.8 Å². The Morgan fingerprint density at radius 3 is 1.84 bits per heavy atom. The smallest absolute Gasteiger partial charge is 0.489 e. The lowest BCUT2D eigenvalue weighted by atomic mass is 9.76. The molecule has 0 aliphatic heterocycles. The number of fused-ring (bicyclic) bond motifs is 1. The summed E-state index contributed by atoms with van der Waals surface area (Å²) in [4.78, 5) is 0. The molecule has 1 fully saturated rings. The number of alkyl halides is 5. The first-order valence-corrected chi connectivity index (χ1v) is 14.4. The molecule has 44 heavy (non-hydrogen) atoms. The van der Waals surface area contributed by atoms with Gasteiger partial charge in [0, 0.05) is 17.7 Å². The molecule has 4 aromatic carbocycles. The van der Waals surface area contributed by atoms with E-state index in [1.807, 2.05) is 0 Å². The third-order valence-electron chi connectivity index (χ3n) is 8.16. The van der Waals surface area contributed by atoms with Crippen LogP contribution in [-0.2, 0) is 23.9 Å². The van der Waals surface area contributed by atoms with Crippen LogP contribution in [0.25, 0.3) is 10.8 Å². The van der Waals surface area contributed by atoms with Crippen molar-refractivity contribution in [1.82, 2.24) is 0 Å². The van der Waals surface area contributed by atoms with Crippen LogP contribution in [0.4, 0.5) is 35.1 Å². The van der Waals surface area contributed by atoms with Crippen LogP contribution in [0.5, 0.6) is 5.75 Å². The van der Waals surface area contributed by atoms with Gasteiger partial charge in [0.2, 0.25) is 0 Å². The van der Waals surface area contributed by atoms with Crippen LogP contribution in [0.3, 0.4) is 0 Å². The second kappa shape index (κ2) is 12.8. The first-order chi connectivity index (χ1) is 20.8. The molecule has 234 valence electrons. The highest BCUT2D eigenvalue weighted by atomic mass is 19.4. The van der Waals surface area contributed by atoms with Crippen LogP contribution in [0.1, 0.15) is 78.7 Å². The topological polar surface area (TPSA) is 18.5 Å². The number of benzene rings is 4. The molecule has 10 heteroatoms. The van der Waals surface area contributed by atoms with Gasteiger partial charge in [-0.1, -0.05) is 61.9 Å². The van der Waals surface area contributed by atoms with Crippen molar-refractivity contribution in [2.75, 3.05) is 0 Å². The summed E-state index contributed by atoms with van der Waals surface area (Å²) in [7, 11) is 0. The predicted molar refractivity (Wildman–Crippen MR) is 150 cm³/mol. The number of halogens is 8. The molecule has 0 unspecified atom stereocenters. The molecule has 0 N–H and O–H groups in total. The summed E-state index contributed by atoms with van der Waals surface area (Å²) in [6.45, 7) is 1.67. The highest BCUT2D eigenvalue weighted by Crippen LogP contribution is 2.42. The fraction of sp³-hybridized carbons (Fsp3) is 0.353. The molecule has 0 amide bonds. The Labute approximate surface area is 249 Å². The van der Waals surface area contributed by atoms with Gasteiger partial charge in [0.25, 0.3) is 0 Å². The van der Waals surface area contributed by atoms with E-state index in [1.54, 1.807) is 6.07 Å². The summed E-state index contributed by atoms with van der Waals surface area (Å²) in [5, 5.41) is 2.46. The van der Waals surface area contributed by atoms with Gasteiger partial charge in [-0.2, -0.15) is 8.78 Å². The summed E-state index contributed by atoms with van der Waals surface area (Å²) in [6.07, 6.45) is -5.32. The van der Waals surface area contributed by atoms with Gasteiger partial charge < -0.3 is 4.74 Å². The summed E-state index contributed by atoms with van der Waals surface area (Å²) >= 11 is 0. The largest absolute Gasteiger partial charge is 0.527 e. The summed E-state index contributed by atoms with van der Waals surface area (Å²) in [5.41, 5.74) is 1.29. The van der Waals surface area contributed by atoms with Crippen LogP contribution in [-0.4, -0.2) is 6.36 Å². The number of hydrogen-bond donors (Lipinski definition) is 0. The monoisotopic (exact) mass is 622 g/mol. The molecular formula is C34H30F8O2. The Hall–Kier alpha value is -3.66. The second-order valence-corrected chi connectivity index (χ2v) is 11.2. The average molecular weight is 623 g/mol. The van der Waals surface area contributed by atoms with Gasteiger partial charge in [0.15, 0.2) is 0 Å². The summed E-state index contributed by atoms with van der Waals surface area (Å²) in [5.74, 6) is -4.66. The minimum absolute atomic E-state index is 0.0521. The molecule has 0 radical (unpaired) electrons. The average Bonchev–Trinajstić information content (AvgIpc) is 2.95. The number of ether oxygens (including phenoxy) is 2. The van der Waals surface area contributed by atoms with Gasteiger partial charge in [-0.3, -0.25) is 0 Å². The second-order valence-electron chi connectivity index (χ2n) is 11.2. The maximum atomic E-state index is 15.0. The van der Waals surface area contributed by atoms with E-state index in [0.29, 0.717) is 5.92 Å². The van der Waals surface area contributed by atoms with Crippen LogP contribution in [0.2, 0.25) is 0 Å². The van der Waals surface area contributed by atoms with E-state index in [4.69, 9.17) is 4.74 Å². The van der Waals surface area contributed by atoms with Gasteiger partial charge in [-0.05, 0) is 77.5 Å². The van der Waals surface area contributed by atoms with Crippen LogP contribution in [0.15, 0.2) is 66.7 Å². The van der Waals surface area contributed by atoms with Gasteiger partial charge in [0.1, 0.15) is 35.4 Å². The fourth-order valence-electron chi connectivity index (χ4n) is 5.98. The van der Waals surface area contributed by atoms with Crippen molar-refractivity contribution in [1.29, 1.82) is 0 Å². The molecule has 0 aromatic heterocycles. The van der Waals surface area contributed by atoms with Crippen LogP contribution >= 0.6 is 0 Å². The van der Waals surface area contributed by atoms with E-state index in [2.05, 4.69) is 48.1 Å². The molecule has 0 bridgehead atoms. The summed E-state index contributed by atoms with van der Waals surface area (Å²) in [6, 6.07) is 18.5. The first kappa shape index (κ1) is 31.8. The normalized spacial score (nSPS) is 17.7. The number of rotatable bonds is 9. The van der Waals surface area contributed by atoms with E-state index in [9.17, 15) is 35.1 Å². The maximum Gasteiger partial charge on any atom is 0.527 e. The minimum Gasteiger partial charge on any atom is -0.489 e. The van der Waals surface area contributed by atoms with Crippen LogP contribution in [0, 0.1) is 17.5 Å². The van der Waals surface area contributed by atoms with Crippen LogP contribution < -0.4 is 4.74 Å². The van der Waals surface area contributed by atoms with Crippen molar-refractivity contribution < 1.29 is 44.6 Å². The standard InChI is InChI=1S/C34H30F8O2/c1-2-3-20-4-5-25-15-24(11-10-23(25)14-20)21-6-8-22(9-7-21)26-12-13-27(29(35)16-26)19-43-28-17-30(36)32(31(37)18-28)33(38,39)44-34(40,41)42/h4-5,10-18,21-22H,2-3,6-9,19H2,1H3. The van der Waals surface area contributed by atoms with E-state index in [1.165, 1.54) is 34.0 Å². The molecule has 4 aromatic rings. The van der Waals surface area contributed by atoms with Gasteiger partial charge in [-0.15, -0.1) is 13.2 Å². The Kier molecular flexibility index (Phi) is 9.20. The van der Waals surface area contributed by atoms with Crippen molar-refractivity contribution in [3.05, 3.63) is 112 Å². The third kappa shape index (κ3) is 7.34. The van der Waals surface area contributed by atoms with Gasteiger partial charge in [-0.25, -0.2) is 17.9 Å². The van der Waals surface area contributed by atoms with Crippen molar-refractivity contribution in [3.8, 4) is 5.75 Å².